The Kier molecular flexibility index (Phi) is 4.52. The number of benzene rings is 2. The summed E-state index contributed by atoms with van der Waals surface area (Å²) in [7, 11) is 0. The largest absolute Gasteiger partial charge is 0.380 e. The Bertz CT molecular complexity index is 1390. The molecule has 0 spiro atoms. The van der Waals surface area contributed by atoms with E-state index in [9.17, 15) is 4.79 Å². The molecule has 6 rings (SSSR count). The predicted molar refractivity (Wildman–Crippen MR) is 132 cm³/mol. The SMILES string of the molecule is CC1(C)CNCc2cc(N3Cc4cccc(NCc5c[nH]c6ncccc56)c4C3=O)ccc21. The molecule has 6 heteroatoms. The van der Waals surface area contributed by atoms with E-state index in [1.807, 2.05) is 29.3 Å². The van der Waals surface area contributed by atoms with E-state index in [0.29, 0.717) is 13.1 Å². The van der Waals surface area contributed by atoms with Gasteiger partial charge in [-0.05, 0) is 52.6 Å². The van der Waals surface area contributed by atoms with Crippen molar-refractivity contribution in [1.82, 2.24) is 15.3 Å². The zero-order valence-corrected chi connectivity index (χ0v) is 18.9. The van der Waals surface area contributed by atoms with Crippen LogP contribution >= 0.6 is 0 Å². The number of hydrogen-bond donors (Lipinski definition) is 3. The van der Waals surface area contributed by atoms with E-state index in [1.165, 1.54) is 11.1 Å². The van der Waals surface area contributed by atoms with E-state index in [2.05, 4.69) is 64.8 Å². The summed E-state index contributed by atoms with van der Waals surface area (Å²) >= 11 is 0. The van der Waals surface area contributed by atoms with E-state index in [-0.39, 0.29) is 11.3 Å². The number of carbonyl (C=O) groups excluding carboxylic acids is 1. The summed E-state index contributed by atoms with van der Waals surface area (Å²) in [5, 5.41) is 8.10. The smallest absolute Gasteiger partial charge is 0.261 e. The van der Waals surface area contributed by atoms with Gasteiger partial charge >= 0.3 is 0 Å². The number of pyridine rings is 1. The van der Waals surface area contributed by atoms with Crippen LogP contribution in [0.3, 0.4) is 0 Å². The Morgan fingerprint density at radius 2 is 2.03 bits per heavy atom. The van der Waals surface area contributed by atoms with Gasteiger partial charge in [-0.3, -0.25) is 4.79 Å². The zero-order valence-electron chi connectivity index (χ0n) is 18.9. The van der Waals surface area contributed by atoms with Gasteiger partial charge in [0.15, 0.2) is 0 Å². The first-order chi connectivity index (χ1) is 16.0. The minimum absolute atomic E-state index is 0.0525. The number of fused-ring (bicyclic) bond motifs is 3. The van der Waals surface area contributed by atoms with Crippen LogP contribution in [0.1, 0.15) is 46.5 Å². The maximum atomic E-state index is 13.5. The molecule has 0 aliphatic carbocycles. The highest BCUT2D eigenvalue weighted by atomic mass is 16.2. The molecule has 2 aliphatic heterocycles. The van der Waals surface area contributed by atoms with Gasteiger partial charge in [-0.15, -0.1) is 0 Å². The van der Waals surface area contributed by atoms with Gasteiger partial charge in [0.2, 0.25) is 0 Å². The molecule has 2 aromatic carbocycles. The van der Waals surface area contributed by atoms with E-state index < -0.39 is 0 Å². The van der Waals surface area contributed by atoms with Crippen molar-refractivity contribution in [3.63, 3.8) is 0 Å². The Labute approximate surface area is 193 Å². The molecule has 0 radical (unpaired) electrons. The van der Waals surface area contributed by atoms with E-state index >= 15 is 0 Å². The monoisotopic (exact) mass is 437 g/mol. The van der Waals surface area contributed by atoms with Crippen molar-refractivity contribution in [3.8, 4) is 0 Å². The molecule has 3 N–H and O–H groups in total. The topological polar surface area (TPSA) is 73.0 Å². The molecule has 2 aromatic heterocycles. The fraction of sp³-hybridized carbons (Fsp3) is 0.259. The molecule has 0 saturated heterocycles. The Morgan fingerprint density at radius 1 is 1.12 bits per heavy atom. The summed E-state index contributed by atoms with van der Waals surface area (Å²) in [4.78, 5) is 23.0. The summed E-state index contributed by atoms with van der Waals surface area (Å²) < 4.78 is 0. The van der Waals surface area contributed by atoms with Crippen LogP contribution in [0.5, 0.6) is 0 Å². The Balaban J connectivity index is 1.28. The van der Waals surface area contributed by atoms with Crippen molar-refractivity contribution in [1.29, 1.82) is 0 Å². The fourth-order valence-electron chi connectivity index (χ4n) is 5.23. The van der Waals surface area contributed by atoms with Crippen molar-refractivity contribution >= 4 is 28.3 Å². The molecular weight excluding hydrogens is 410 g/mol. The average molecular weight is 438 g/mol. The molecule has 0 atom stereocenters. The number of nitrogens with one attached hydrogen (secondary N) is 3. The van der Waals surface area contributed by atoms with Crippen LogP contribution in [0.25, 0.3) is 11.0 Å². The number of hydrogen-bond acceptors (Lipinski definition) is 4. The van der Waals surface area contributed by atoms with Crippen LogP contribution in [-0.4, -0.2) is 22.4 Å². The number of carbonyl (C=O) groups is 1. The van der Waals surface area contributed by atoms with Gasteiger partial charge in [0.1, 0.15) is 5.65 Å². The van der Waals surface area contributed by atoms with Gasteiger partial charge in [0, 0.05) is 54.2 Å². The summed E-state index contributed by atoms with van der Waals surface area (Å²) in [6, 6.07) is 16.5. The number of aromatic nitrogens is 2. The number of amides is 1. The number of aromatic amines is 1. The first-order valence-electron chi connectivity index (χ1n) is 11.4. The van der Waals surface area contributed by atoms with Gasteiger partial charge < -0.3 is 20.5 Å². The van der Waals surface area contributed by atoms with E-state index in [0.717, 1.165) is 52.2 Å². The molecule has 0 unspecified atom stereocenters. The maximum Gasteiger partial charge on any atom is 0.261 e. The third-order valence-corrected chi connectivity index (χ3v) is 6.96. The van der Waals surface area contributed by atoms with Crippen LogP contribution in [-0.2, 0) is 25.0 Å². The minimum Gasteiger partial charge on any atom is -0.380 e. The van der Waals surface area contributed by atoms with E-state index in [1.54, 1.807) is 6.20 Å². The van der Waals surface area contributed by atoms with Gasteiger partial charge in [-0.2, -0.15) is 0 Å². The molecular formula is C27H27N5O. The number of nitrogens with zero attached hydrogens (tertiary/aromatic N) is 2. The summed E-state index contributed by atoms with van der Waals surface area (Å²) in [6.07, 6.45) is 3.76. The highest BCUT2D eigenvalue weighted by Gasteiger charge is 2.33. The lowest BCUT2D eigenvalue weighted by atomic mass is 9.79. The standard InChI is InChI=1S/C27H27N5O/c1-27(2)16-28-12-18-11-20(8-9-22(18)27)32-15-17-5-3-7-23(24(17)26(32)33)30-13-19-14-31-25-21(19)6-4-10-29-25/h3-11,14,28,30H,12-13,15-16H2,1-2H3,(H,29,31). The van der Waals surface area contributed by atoms with Crippen molar-refractivity contribution in [3.05, 3.63) is 88.7 Å². The molecule has 6 nitrogen and oxygen atoms in total. The minimum atomic E-state index is 0.0525. The summed E-state index contributed by atoms with van der Waals surface area (Å²) in [6.45, 7) is 7.54. The van der Waals surface area contributed by atoms with Crippen LogP contribution < -0.4 is 15.5 Å². The van der Waals surface area contributed by atoms with E-state index in [4.69, 9.17) is 0 Å². The fourth-order valence-corrected chi connectivity index (χ4v) is 5.23. The molecule has 0 fully saturated rings. The molecule has 2 aliphatic rings. The molecule has 0 saturated carbocycles. The van der Waals surface area contributed by atoms with Crippen molar-refractivity contribution in [2.75, 3.05) is 16.8 Å². The molecule has 4 aromatic rings. The van der Waals surface area contributed by atoms with Gasteiger partial charge in [0.05, 0.1) is 12.1 Å². The molecule has 0 bridgehead atoms. The van der Waals surface area contributed by atoms with Crippen LogP contribution in [0.15, 0.2) is 60.9 Å². The molecule has 33 heavy (non-hydrogen) atoms. The highest BCUT2D eigenvalue weighted by molar-refractivity contribution is 6.13. The van der Waals surface area contributed by atoms with Gasteiger partial charge in [0.25, 0.3) is 5.91 Å². The van der Waals surface area contributed by atoms with Crippen molar-refractivity contribution in [2.45, 2.75) is 38.9 Å². The lowest BCUT2D eigenvalue weighted by Gasteiger charge is -2.34. The summed E-state index contributed by atoms with van der Waals surface area (Å²) in [5.74, 6) is 0.0525. The second-order valence-electron chi connectivity index (χ2n) is 9.63. The second kappa shape index (κ2) is 7.46. The summed E-state index contributed by atoms with van der Waals surface area (Å²) in [5.41, 5.74) is 8.40. The first-order valence-corrected chi connectivity index (χ1v) is 11.4. The lowest BCUT2D eigenvalue weighted by molar-refractivity contribution is 0.0997. The molecule has 1 amide bonds. The normalized spacial score (nSPS) is 16.7. The number of H-pyrrole nitrogens is 1. The quantitative estimate of drug-likeness (QED) is 0.432. The van der Waals surface area contributed by atoms with Crippen molar-refractivity contribution < 1.29 is 4.79 Å². The molecule has 166 valence electrons. The maximum absolute atomic E-state index is 13.5. The van der Waals surface area contributed by atoms with Crippen molar-refractivity contribution in [2.24, 2.45) is 0 Å². The Hall–Kier alpha value is -3.64. The number of anilines is 2. The third-order valence-electron chi connectivity index (χ3n) is 6.96. The zero-order chi connectivity index (χ0) is 22.6. The molecule has 4 heterocycles. The average Bonchev–Trinajstić information content (AvgIpc) is 3.38. The predicted octanol–water partition coefficient (Wildman–Crippen LogP) is 4.72. The second-order valence-corrected chi connectivity index (χ2v) is 9.63. The number of rotatable bonds is 4. The Morgan fingerprint density at radius 3 is 2.94 bits per heavy atom. The first kappa shape index (κ1) is 20.0. The highest BCUT2D eigenvalue weighted by Crippen LogP contribution is 2.36. The van der Waals surface area contributed by atoms with Crippen LogP contribution in [0, 0.1) is 0 Å². The van der Waals surface area contributed by atoms with Crippen LogP contribution in [0.2, 0.25) is 0 Å². The lowest BCUT2D eigenvalue weighted by Crippen LogP contribution is -2.38. The van der Waals surface area contributed by atoms with Gasteiger partial charge in [-0.25, -0.2) is 4.98 Å². The van der Waals surface area contributed by atoms with Gasteiger partial charge in [-0.1, -0.05) is 32.0 Å². The third kappa shape index (κ3) is 3.29. The van der Waals surface area contributed by atoms with Crippen LogP contribution in [0.4, 0.5) is 11.4 Å².